The molecule has 0 saturated carbocycles. The molecule has 0 aliphatic carbocycles. The predicted molar refractivity (Wildman–Crippen MR) is 233 cm³/mol. The van der Waals surface area contributed by atoms with Gasteiger partial charge < -0.3 is 24.6 Å². The van der Waals surface area contributed by atoms with Gasteiger partial charge in [-0.25, -0.2) is 4.57 Å². The zero-order chi connectivity index (χ0) is 41.9. The van der Waals surface area contributed by atoms with Gasteiger partial charge in [-0.1, -0.05) is 137 Å². The molecule has 0 aliphatic rings. The Labute approximate surface area is 345 Å². The van der Waals surface area contributed by atoms with Gasteiger partial charge >= 0.3 is 19.8 Å². The number of phosphoric acid groups is 1. The Hall–Kier alpha value is -2.85. The van der Waals surface area contributed by atoms with Crippen LogP contribution in [0.2, 0.25) is 0 Å². The molecule has 0 radical (unpaired) electrons. The van der Waals surface area contributed by atoms with Crippen molar-refractivity contribution in [3.8, 4) is 0 Å². The molecule has 0 fully saturated rings. The Balaban J connectivity index is 4.41. The Kier molecular flexibility index (Phi) is 39.2. The van der Waals surface area contributed by atoms with Crippen LogP contribution in [0, 0.1) is 0 Å². The molecule has 0 bridgehead atoms. The molecule has 0 rings (SSSR count). The van der Waals surface area contributed by atoms with E-state index in [2.05, 4.69) is 103 Å². The lowest BCUT2D eigenvalue weighted by molar-refractivity contribution is -0.161. The molecule has 0 aliphatic heterocycles. The summed E-state index contributed by atoms with van der Waals surface area (Å²) in [5.74, 6) is -0.987. The van der Waals surface area contributed by atoms with Crippen molar-refractivity contribution in [1.29, 1.82) is 0 Å². The van der Waals surface area contributed by atoms with E-state index in [0.717, 1.165) is 96.3 Å². The summed E-state index contributed by atoms with van der Waals surface area (Å²) in [4.78, 5) is 35.0. The van der Waals surface area contributed by atoms with Gasteiger partial charge in [-0.05, 0) is 89.9 Å². The molecule has 57 heavy (non-hydrogen) atoms. The van der Waals surface area contributed by atoms with Crippen LogP contribution >= 0.6 is 7.82 Å². The van der Waals surface area contributed by atoms with E-state index in [4.69, 9.17) is 19.1 Å². The van der Waals surface area contributed by atoms with E-state index in [0.29, 0.717) is 12.8 Å². The van der Waals surface area contributed by atoms with Gasteiger partial charge in [0.2, 0.25) is 0 Å². The quantitative estimate of drug-likeness (QED) is 0.0237. The summed E-state index contributed by atoms with van der Waals surface area (Å²) in [7, 11) is -4.64. The van der Waals surface area contributed by atoms with Gasteiger partial charge in [-0.3, -0.25) is 18.6 Å². The molecule has 1 unspecified atom stereocenters. The smallest absolute Gasteiger partial charge is 0.462 e. The van der Waals surface area contributed by atoms with Gasteiger partial charge in [0.25, 0.3) is 0 Å². The number of esters is 2. The van der Waals surface area contributed by atoms with Gasteiger partial charge in [0.05, 0.1) is 19.8 Å². The van der Waals surface area contributed by atoms with Crippen molar-refractivity contribution in [3.05, 3.63) is 85.1 Å². The van der Waals surface area contributed by atoms with Crippen LogP contribution in [0.1, 0.15) is 155 Å². The highest BCUT2D eigenvalue weighted by molar-refractivity contribution is 7.47. The second-order valence-corrected chi connectivity index (χ2v) is 15.4. The summed E-state index contributed by atoms with van der Waals surface area (Å²) in [6.07, 6.45) is 48.3. The molecule has 0 spiro atoms. The fourth-order valence-electron chi connectivity index (χ4n) is 5.22. The van der Waals surface area contributed by atoms with Crippen LogP contribution in [-0.4, -0.2) is 65.7 Å². The Morgan fingerprint density at radius 3 is 1.47 bits per heavy atom. The van der Waals surface area contributed by atoms with E-state index in [9.17, 15) is 24.2 Å². The minimum Gasteiger partial charge on any atom is -0.462 e. The second-order valence-electron chi connectivity index (χ2n) is 14.0. The molecular weight excluding hydrogens is 743 g/mol. The molecule has 326 valence electrons. The predicted octanol–water partition coefficient (Wildman–Crippen LogP) is 11.4. The minimum atomic E-state index is -4.64. The van der Waals surface area contributed by atoms with Crippen LogP contribution in [0.25, 0.3) is 0 Å². The topological polar surface area (TPSA) is 149 Å². The summed E-state index contributed by atoms with van der Waals surface area (Å²) < 4.78 is 32.7. The number of carbonyl (C=O) groups excluding carboxylic acids is 2. The molecule has 0 aromatic rings. The molecule has 0 saturated heterocycles. The third-order valence-electron chi connectivity index (χ3n) is 8.53. The first-order valence-electron chi connectivity index (χ1n) is 21.5. The highest BCUT2D eigenvalue weighted by Gasteiger charge is 2.27. The maximum atomic E-state index is 12.6. The number of allylic oxidation sites excluding steroid dienone is 14. The zero-order valence-corrected chi connectivity index (χ0v) is 36.2. The Morgan fingerprint density at radius 2 is 0.965 bits per heavy atom. The van der Waals surface area contributed by atoms with E-state index >= 15 is 0 Å². The molecule has 0 amide bonds. The molecule has 3 N–H and O–H groups in total. The minimum absolute atomic E-state index is 0.137. The third kappa shape index (κ3) is 41.1. The molecule has 3 atom stereocenters. The highest BCUT2D eigenvalue weighted by Crippen LogP contribution is 2.43. The summed E-state index contributed by atoms with van der Waals surface area (Å²) >= 11 is 0. The number of unbranched alkanes of at least 4 members (excludes halogenated alkanes) is 11. The number of hydrogen-bond acceptors (Lipinski definition) is 9. The summed E-state index contributed by atoms with van der Waals surface area (Å²) in [6.45, 7) is 2.16. The Bertz CT molecular complexity index is 1220. The van der Waals surface area contributed by atoms with Crippen molar-refractivity contribution >= 4 is 19.8 Å². The van der Waals surface area contributed by atoms with E-state index in [1.54, 1.807) is 0 Å². The number of aliphatic hydroxyl groups is 2. The van der Waals surface area contributed by atoms with Crippen molar-refractivity contribution < 1.29 is 47.8 Å². The van der Waals surface area contributed by atoms with Crippen molar-refractivity contribution in [2.24, 2.45) is 0 Å². The molecule has 0 aromatic carbocycles. The lowest BCUT2D eigenvalue weighted by Gasteiger charge is -2.20. The van der Waals surface area contributed by atoms with E-state index in [1.807, 2.05) is 0 Å². The maximum absolute atomic E-state index is 12.6. The van der Waals surface area contributed by atoms with E-state index in [1.165, 1.54) is 19.3 Å². The van der Waals surface area contributed by atoms with Crippen molar-refractivity contribution in [2.75, 3.05) is 26.4 Å². The van der Waals surface area contributed by atoms with Crippen LogP contribution in [0.4, 0.5) is 0 Å². The van der Waals surface area contributed by atoms with Crippen LogP contribution < -0.4 is 0 Å². The maximum Gasteiger partial charge on any atom is 0.472 e. The third-order valence-corrected chi connectivity index (χ3v) is 9.48. The van der Waals surface area contributed by atoms with Gasteiger partial charge in [-0.2, -0.15) is 0 Å². The number of ether oxygens (including phenoxy) is 2. The summed E-state index contributed by atoms with van der Waals surface area (Å²) in [6, 6.07) is 0. The lowest BCUT2D eigenvalue weighted by atomic mass is 10.1. The molecule has 0 heterocycles. The number of carbonyl (C=O) groups is 2. The average Bonchev–Trinajstić information content (AvgIpc) is 3.20. The first kappa shape index (κ1) is 54.2. The monoisotopic (exact) mass is 821 g/mol. The number of rotatable bonds is 39. The van der Waals surface area contributed by atoms with Crippen LogP contribution in [-0.2, 0) is 32.7 Å². The molecule has 10 nitrogen and oxygen atoms in total. The molecule has 11 heteroatoms. The average molecular weight is 821 g/mol. The molecular formula is C46H77O10P. The fraction of sp³-hybridized carbons (Fsp3) is 0.652. The van der Waals surface area contributed by atoms with Crippen molar-refractivity contribution in [2.45, 2.75) is 167 Å². The Morgan fingerprint density at radius 1 is 0.544 bits per heavy atom. The lowest BCUT2D eigenvalue weighted by Crippen LogP contribution is -2.29. The fourth-order valence-corrected chi connectivity index (χ4v) is 6.01. The van der Waals surface area contributed by atoms with Crippen LogP contribution in [0.3, 0.4) is 0 Å². The van der Waals surface area contributed by atoms with E-state index in [-0.39, 0.29) is 19.4 Å². The SMILES string of the molecule is CC/C=C/C/C=C/C/C=C/C/C=C/C/C=C/CCCCCC(=O)O[C@H](COC(=O)CCCCCCC/C=C/C/C=C/CCCCC)COP(=O)(O)OC[C@@H](O)CO. The first-order valence-corrected chi connectivity index (χ1v) is 23.0. The van der Waals surface area contributed by atoms with Gasteiger partial charge in [0.1, 0.15) is 12.7 Å². The standard InChI is InChI=1S/C46H77O10P/c1-3-5-7-9-11-13-15-17-19-20-21-22-24-26-28-30-32-34-36-38-46(50)56-44(42-55-57(51,52)54-40-43(48)39-47)41-53-45(49)37-35-33-31-29-27-25-23-18-16-14-12-10-8-6-4-2/h5,7,11-14,17-19,21-23,26,28,43-44,47-48H,3-4,6,8-10,15-16,20,24-25,27,29-42H2,1-2H3,(H,51,52)/b7-5+,13-11+,14-12+,19-17+,22-21+,23-18+,28-26+/t43-,44+/m0/s1. The molecule has 0 aromatic heterocycles. The van der Waals surface area contributed by atoms with Crippen molar-refractivity contribution in [3.63, 3.8) is 0 Å². The summed E-state index contributed by atoms with van der Waals surface area (Å²) in [5.41, 5.74) is 0. The highest BCUT2D eigenvalue weighted by atomic mass is 31.2. The first-order chi connectivity index (χ1) is 27.7. The van der Waals surface area contributed by atoms with Gasteiger partial charge in [-0.15, -0.1) is 0 Å². The largest absolute Gasteiger partial charge is 0.472 e. The van der Waals surface area contributed by atoms with Crippen molar-refractivity contribution in [1.82, 2.24) is 0 Å². The summed E-state index contributed by atoms with van der Waals surface area (Å²) in [5, 5.41) is 18.3. The van der Waals surface area contributed by atoms with Crippen LogP contribution in [0.15, 0.2) is 85.1 Å². The number of phosphoric ester groups is 1. The van der Waals surface area contributed by atoms with Gasteiger partial charge in [0.15, 0.2) is 6.10 Å². The normalized spacial score (nSPS) is 14.7. The number of hydrogen-bond donors (Lipinski definition) is 3. The van der Waals surface area contributed by atoms with E-state index < -0.39 is 51.8 Å². The zero-order valence-electron chi connectivity index (χ0n) is 35.3. The van der Waals surface area contributed by atoms with Gasteiger partial charge in [0, 0.05) is 12.8 Å². The number of aliphatic hydroxyl groups excluding tert-OH is 2. The second kappa shape index (κ2) is 41.3. The van der Waals surface area contributed by atoms with Crippen LogP contribution in [0.5, 0.6) is 0 Å².